The van der Waals surface area contributed by atoms with Crippen molar-refractivity contribution in [3.63, 3.8) is 0 Å². The minimum absolute atomic E-state index is 0.0866. The molecule has 0 radical (unpaired) electrons. The number of alkyl halides is 3. The monoisotopic (exact) mass is 280 g/mol. The van der Waals surface area contributed by atoms with E-state index in [2.05, 4.69) is 4.99 Å². The Balaban J connectivity index is 3.31. The highest BCUT2D eigenvalue weighted by Gasteiger charge is 2.38. The first kappa shape index (κ1) is 16.0. The summed E-state index contributed by atoms with van der Waals surface area (Å²) in [5, 5.41) is 8.59. The summed E-state index contributed by atoms with van der Waals surface area (Å²) in [4.78, 5) is 3.40. The van der Waals surface area contributed by atoms with Gasteiger partial charge in [-0.25, -0.2) is 0 Å². The van der Waals surface area contributed by atoms with Gasteiger partial charge in [-0.1, -0.05) is 29.8 Å². The van der Waals surface area contributed by atoms with E-state index in [1.165, 1.54) is 0 Å². The van der Waals surface area contributed by atoms with Crippen LogP contribution in [0.4, 0.5) is 13.2 Å². The van der Waals surface area contributed by atoms with Gasteiger partial charge in [0.05, 0.1) is 12.5 Å². The Bertz CT molecular complexity index is 569. The van der Waals surface area contributed by atoms with E-state index in [0.29, 0.717) is 11.1 Å². The number of halogens is 3. The molecule has 2 nitrogen and oxygen atoms in total. The zero-order valence-electron chi connectivity index (χ0n) is 11.5. The van der Waals surface area contributed by atoms with Gasteiger partial charge < -0.3 is 0 Å². The van der Waals surface area contributed by atoms with Gasteiger partial charge in [0.2, 0.25) is 0 Å². The quantitative estimate of drug-likeness (QED) is 0.765. The number of nitrogens with zero attached hydrogens (tertiary/aromatic N) is 2. The van der Waals surface area contributed by atoms with Gasteiger partial charge in [-0.3, -0.25) is 4.99 Å². The lowest BCUT2D eigenvalue weighted by atomic mass is 9.95. The molecule has 0 heterocycles. The fraction of sp³-hybridized carbons (Fsp3) is 0.333. The van der Waals surface area contributed by atoms with Crippen molar-refractivity contribution < 1.29 is 13.2 Å². The van der Waals surface area contributed by atoms with Gasteiger partial charge in [0.1, 0.15) is 5.71 Å². The lowest BCUT2D eigenvalue weighted by molar-refractivity contribution is -0.0572. The Hall–Kier alpha value is -2.09. The summed E-state index contributed by atoms with van der Waals surface area (Å²) in [6.45, 7) is 3.24. The van der Waals surface area contributed by atoms with E-state index in [1.807, 2.05) is 6.07 Å². The maximum absolute atomic E-state index is 13.0. The van der Waals surface area contributed by atoms with Crippen molar-refractivity contribution in [1.29, 1.82) is 5.26 Å². The van der Waals surface area contributed by atoms with Gasteiger partial charge in [-0.05, 0) is 25.0 Å². The number of rotatable bonds is 3. The highest BCUT2D eigenvalue weighted by atomic mass is 19.4. The summed E-state index contributed by atoms with van der Waals surface area (Å²) in [5.41, 5.74) is 0.959. The first-order chi connectivity index (χ1) is 9.31. The van der Waals surface area contributed by atoms with Crippen molar-refractivity contribution in [3.05, 3.63) is 41.0 Å². The van der Waals surface area contributed by atoms with Crippen LogP contribution in [0.15, 0.2) is 34.8 Å². The van der Waals surface area contributed by atoms with Gasteiger partial charge in [-0.15, -0.1) is 0 Å². The molecule has 1 rings (SSSR count). The van der Waals surface area contributed by atoms with Crippen LogP contribution in [0.3, 0.4) is 0 Å². The predicted octanol–water partition coefficient (Wildman–Crippen LogP) is 4.18. The Kier molecular flexibility index (Phi) is 5.09. The topological polar surface area (TPSA) is 36.1 Å². The third-order valence-corrected chi connectivity index (χ3v) is 2.75. The number of allylic oxidation sites excluding steroid dienone is 2. The molecule has 0 fully saturated rings. The Morgan fingerprint density at radius 1 is 1.20 bits per heavy atom. The summed E-state index contributed by atoms with van der Waals surface area (Å²) in [6.07, 6.45) is -4.26. The second-order valence-electron chi connectivity index (χ2n) is 4.48. The van der Waals surface area contributed by atoms with Gasteiger partial charge in [0, 0.05) is 12.6 Å². The molecule has 1 aromatic rings. The number of hydrogen-bond donors (Lipinski definition) is 0. The highest BCUT2D eigenvalue weighted by molar-refractivity contribution is 6.27. The van der Waals surface area contributed by atoms with Crippen LogP contribution in [0.25, 0.3) is 5.57 Å². The van der Waals surface area contributed by atoms with E-state index < -0.39 is 11.9 Å². The van der Waals surface area contributed by atoms with Crippen molar-refractivity contribution in [1.82, 2.24) is 0 Å². The summed E-state index contributed by atoms with van der Waals surface area (Å²) >= 11 is 0. The van der Waals surface area contributed by atoms with Crippen LogP contribution < -0.4 is 0 Å². The van der Waals surface area contributed by atoms with Gasteiger partial charge >= 0.3 is 6.18 Å². The van der Waals surface area contributed by atoms with Crippen LogP contribution in [0.5, 0.6) is 0 Å². The Morgan fingerprint density at radius 2 is 1.75 bits per heavy atom. The number of benzene rings is 1. The molecule has 0 saturated heterocycles. The van der Waals surface area contributed by atoms with E-state index in [4.69, 9.17) is 5.26 Å². The lowest BCUT2D eigenvalue weighted by Gasteiger charge is -2.16. The Labute approximate surface area is 116 Å². The molecule has 0 amide bonds. The lowest BCUT2D eigenvalue weighted by Crippen LogP contribution is -2.25. The molecule has 0 N–H and O–H groups in total. The van der Waals surface area contributed by atoms with E-state index in [9.17, 15) is 13.2 Å². The maximum Gasteiger partial charge on any atom is 0.433 e. The SMILES string of the molecule is CN=C(C(=C(C)C)c1ccc(CC#N)cc1)C(F)(F)F. The number of hydrogen-bond acceptors (Lipinski definition) is 2. The van der Waals surface area contributed by atoms with Crippen LogP contribution in [0, 0.1) is 11.3 Å². The van der Waals surface area contributed by atoms with Crippen LogP contribution in [-0.2, 0) is 6.42 Å². The third kappa shape index (κ3) is 3.70. The first-order valence-corrected chi connectivity index (χ1v) is 5.99. The van der Waals surface area contributed by atoms with Crippen molar-refractivity contribution in [2.45, 2.75) is 26.4 Å². The Morgan fingerprint density at radius 3 is 2.10 bits per heavy atom. The highest BCUT2D eigenvalue weighted by Crippen LogP contribution is 2.30. The molecular weight excluding hydrogens is 265 g/mol. The molecule has 0 unspecified atom stereocenters. The predicted molar refractivity (Wildman–Crippen MR) is 73.4 cm³/mol. The minimum atomic E-state index is -4.49. The molecule has 0 aliphatic rings. The van der Waals surface area contributed by atoms with Crippen molar-refractivity contribution >= 4 is 11.3 Å². The second-order valence-corrected chi connectivity index (χ2v) is 4.48. The molecule has 0 aliphatic heterocycles. The van der Waals surface area contributed by atoms with E-state index >= 15 is 0 Å². The van der Waals surface area contributed by atoms with Gasteiger partial charge in [-0.2, -0.15) is 18.4 Å². The molecule has 0 atom stereocenters. The van der Waals surface area contributed by atoms with Crippen LogP contribution >= 0.6 is 0 Å². The van der Waals surface area contributed by atoms with Crippen molar-refractivity contribution in [2.75, 3.05) is 7.05 Å². The molecule has 0 bridgehead atoms. The summed E-state index contributed by atoms with van der Waals surface area (Å²) < 4.78 is 39.0. The second kappa shape index (κ2) is 6.38. The number of aliphatic imine (C=N–C) groups is 1. The van der Waals surface area contributed by atoms with Gasteiger partial charge in [0.15, 0.2) is 0 Å². The smallest absolute Gasteiger partial charge is 0.283 e. The third-order valence-electron chi connectivity index (χ3n) is 2.75. The maximum atomic E-state index is 13.0. The van der Waals surface area contributed by atoms with Crippen LogP contribution in [-0.4, -0.2) is 18.9 Å². The molecule has 106 valence electrons. The van der Waals surface area contributed by atoms with Crippen molar-refractivity contribution in [2.24, 2.45) is 4.99 Å². The zero-order chi connectivity index (χ0) is 15.3. The average Bonchev–Trinajstić information content (AvgIpc) is 2.35. The van der Waals surface area contributed by atoms with Gasteiger partial charge in [0.25, 0.3) is 0 Å². The summed E-state index contributed by atoms with van der Waals surface area (Å²) in [7, 11) is 1.13. The van der Waals surface area contributed by atoms with Crippen LogP contribution in [0.2, 0.25) is 0 Å². The van der Waals surface area contributed by atoms with E-state index in [1.54, 1.807) is 38.1 Å². The summed E-state index contributed by atoms with van der Waals surface area (Å²) in [6, 6.07) is 8.49. The molecule has 20 heavy (non-hydrogen) atoms. The average molecular weight is 280 g/mol. The molecule has 0 aromatic heterocycles. The zero-order valence-corrected chi connectivity index (χ0v) is 11.5. The van der Waals surface area contributed by atoms with Crippen molar-refractivity contribution in [3.8, 4) is 6.07 Å². The molecule has 0 aliphatic carbocycles. The van der Waals surface area contributed by atoms with Crippen LogP contribution in [0.1, 0.15) is 25.0 Å². The minimum Gasteiger partial charge on any atom is -0.283 e. The van der Waals surface area contributed by atoms with E-state index in [-0.39, 0.29) is 12.0 Å². The standard InChI is InChI=1S/C15H15F3N2/c1-10(2)13(14(20-3)15(16,17)18)12-6-4-11(5-7-12)8-9-19/h4-7H,8H2,1-3H3. The normalized spacial score (nSPS) is 11.9. The fourth-order valence-electron chi connectivity index (χ4n) is 1.92. The largest absolute Gasteiger partial charge is 0.433 e. The molecule has 5 heteroatoms. The summed E-state index contributed by atoms with van der Waals surface area (Å²) in [5.74, 6) is 0. The first-order valence-electron chi connectivity index (χ1n) is 5.99. The number of nitriles is 1. The molecule has 0 saturated carbocycles. The fourth-order valence-corrected chi connectivity index (χ4v) is 1.92. The molecular formula is C15H15F3N2. The molecule has 1 aromatic carbocycles. The van der Waals surface area contributed by atoms with E-state index in [0.717, 1.165) is 12.6 Å². The molecule has 0 spiro atoms.